The zero-order chi connectivity index (χ0) is 20.6. The van der Waals surface area contributed by atoms with Crippen LogP contribution in [0.15, 0.2) is 58.9 Å². The molecule has 8 heteroatoms. The van der Waals surface area contributed by atoms with Gasteiger partial charge in [0.2, 0.25) is 11.0 Å². The summed E-state index contributed by atoms with van der Waals surface area (Å²) in [5, 5.41) is 15.1. The van der Waals surface area contributed by atoms with Gasteiger partial charge in [-0.25, -0.2) is 0 Å². The van der Waals surface area contributed by atoms with Gasteiger partial charge in [0.1, 0.15) is 0 Å². The zero-order valence-electron chi connectivity index (χ0n) is 16.8. The highest BCUT2D eigenvalue weighted by atomic mass is 32.2. The van der Waals surface area contributed by atoms with Crippen molar-refractivity contribution in [3.8, 4) is 0 Å². The van der Waals surface area contributed by atoms with E-state index in [1.54, 1.807) is 0 Å². The molecule has 0 aliphatic heterocycles. The molecule has 1 aromatic heterocycles. The van der Waals surface area contributed by atoms with Crippen molar-refractivity contribution in [3.63, 3.8) is 0 Å². The van der Waals surface area contributed by atoms with Crippen LogP contribution in [0.4, 0.5) is 22.2 Å². The molecule has 1 heterocycles. The third-order valence-corrected chi connectivity index (χ3v) is 6.18. The first kappa shape index (κ1) is 21.1. The molecule has 0 spiro atoms. The van der Waals surface area contributed by atoms with Gasteiger partial charge in [-0.2, -0.15) is 0 Å². The minimum atomic E-state index is -0.0632. The van der Waals surface area contributed by atoms with E-state index >= 15 is 0 Å². The standard InChI is InChI=1S/C21H25N5OS2/c1-4-26(15(2)3)18-12-10-17(11-13-18)22-19(27)14-28-21-25-24-20(29-21)23-16-8-6-5-7-9-16/h5-13,15H,4,14H2,1-3H3,(H,22,27)(H,23,24). The van der Waals surface area contributed by atoms with Gasteiger partial charge in [0, 0.05) is 29.6 Å². The number of benzene rings is 2. The quantitative estimate of drug-likeness (QED) is 0.455. The maximum atomic E-state index is 12.3. The summed E-state index contributed by atoms with van der Waals surface area (Å²) in [4.78, 5) is 14.6. The molecule has 1 amide bonds. The zero-order valence-corrected chi connectivity index (χ0v) is 18.4. The fourth-order valence-electron chi connectivity index (χ4n) is 2.87. The second kappa shape index (κ2) is 10.3. The summed E-state index contributed by atoms with van der Waals surface area (Å²) in [6, 6.07) is 18.2. The van der Waals surface area contributed by atoms with Crippen molar-refractivity contribution < 1.29 is 4.79 Å². The van der Waals surface area contributed by atoms with Crippen molar-refractivity contribution >= 4 is 51.2 Å². The lowest BCUT2D eigenvalue weighted by Gasteiger charge is -2.27. The number of hydrogen-bond acceptors (Lipinski definition) is 7. The molecule has 0 unspecified atom stereocenters. The van der Waals surface area contributed by atoms with Crippen LogP contribution in [0.5, 0.6) is 0 Å². The lowest BCUT2D eigenvalue weighted by Crippen LogP contribution is -2.30. The number of para-hydroxylation sites is 1. The van der Waals surface area contributed by atoms with Gasteiger partial charge in [-0.15, -0.1) is 10.2 Å². The average molecular weight is 428 g/mol. The summed E-state index contributed by atoms with van der Waals surface area (Å²) in [5.74, 6) is 0.223. The molecular weight excluding hydrogens is 402 g/mol. The second-order valence-electron chi connectivity index (χ2n) is 6.63. The minimum Gasteiger partial charge on any atom is -0.369 e. The van der Waals surface area contributed by atoms with E-state index in [0.717, 1.165) is 27.9 Å². The maximum absolute atomic E-state index is 12.3. The molecule has 0 saturated heterocycles. The molecule has 0 saturated carbocycles. The van der Waals surface area contributed by atoms with E-state index in [2.05, 4.69) is 46.5 Å². The Morgan fingerprint density at radius 1 is 1.07 bits per heavy atom. The highest BCUT2D eigenvalue weighted by Gasteiger charge is 2.10. The average Bonchev–Trinajstić information content (AvgIpc) is 3.16. The van der Waals surface area contributed by atoms with E-state index in [-0.39, 0.29) is 11.7 Å². The number of carbonyl (C=O) groups is 1. The van der Waals surface area contributed by atoms with Crippen molar-refractivity contribution in [1.82, 2.24) is 10.2 Å². The first-order valence-corrected chi connectivity index (χ1v) is 11.3. The van der Waals surface area contributed by atoms with E-state index in [4.69, 9.17) is 0 Å². The molecule has 3 aromatic rings. The van der Waals surface area contributed by atoms with Crippen LogP contribution < -0.4 is 15.5 Å². The van der Waals surface area contributed by atoms with Crippen molar-refractivity contribution in [3.05, 3.63) is 54.6 Å². The van der Waals surface area contributed by atoms with Crippen LogP contribution in [0.1, 0.15) is 20.8 Å². The summed E-state index contributed by atoms with van der Waals surface area (Å²) in [5.41, 5.74) is 2.91. The van der Waals surface area contributed by atoms with Gasteiger partial charge in [0.25, 0.3) is 0 Å². The molecule has 3 rings (SSSR count). The highest BCUT2D eigenvalue weighted by Crippen LogP contribution is 2.28. The molecule has 0 bridgehead atoms. The molecule has 2 aromatic carbocycles. The minimum absolute atomic E-state index is 0.0632. The summed E-state index contributed by atoms with van der Waals surface area (Å²) in [6.45, 7) is 7.43. The van der Waals surface area contributed by atoms with Crippen LogP contribution in [0.2, 0.25) is 0 Å². The number of thioether (sulfide) groups is 1. The van der Waals surface area contributed by atoms with Gasteiger partial charge in [-0.1, -0.05) is 41.3 Å². The van der Waals surface area contributed by atoms with Crippen molar-refractivity contribution in [2.75, 3.05) is 27.8 Å². The van der Waals surface area contributed by atoms with Crippen LogP contribution in [-0.2, 0) is 4.79 Å². The lowest BCUT2D eigenvalue weighted by atomic mass is 10.2. The van der Waals surface area contributed by atoms with Crippen LogP contribution in [-0.4, -0.2) is 34.4 Å². The number of carbonyl (C=O) groups excluding carboxylic acids is 1. The van der Waals surface area contributed by atoms with E-state index in [1.807, 2.05) is 54.6 Å². The number of nitrogens with zero attached hydrogens (tertiary/aromatic N) is 3. The molecule has 0 fully saturated rings. The Kier molecular flexibility index (Phi) is 7.48. The molecule has 6 nitrogen and oxygen atoms in total. The summed E-state index contributed by atoms with van der Waals surface area (Å²) >= 11 is 2.81. The Morgan fingerprint density at radius 2 is 1.79 bits per heavy atom. The molecular formula is C21H25N5OS2. The van der Waals surface area contributed by atoms with Gasteiger partial charge < -0.3 is 15.5 Å². The number of anilines is 4. The Morgan fingerprint density at radius 3 is 2.45 bits per heavy atom. The molecule has 0 aliphatic rings. The van der Waals surface area contributed by atoms with Crippen LogP contribution in [0, 0.1) is 0 Å². The predicted octanol–water partition coefficient (Wildman–Crippen LogP) is 5.25. The Labute approximate surface area is 179 Å². The first-order valence-electron chi connectivity index (χ1n) is 9.50. The molecule has 0 aliphatic carbocycles. The molecule has 0 atom stereocenters. The van der Waals surface area contributed by atoms with Gasteiger partial charge in [-0.05, 0) is 57.2 Å². The number of hydrogen-bond donors (Lipinski definition) is 2. The van der Waals surface area contributed by atoms with Crippen molar-refractivity contribution in [2.24, 2.45) is 0 Å². The van der Waals surface area contributed by atoms with E-state index in [0.29, 0.717) is 11.2 Å². The largest absolute Gasteiger partial charge is 0.369 e. The van der Waals surface area contributed by atoms with Gasteiger partial charge in [0.15, 0.2) is 4.34 Å². The number of rotatable bonds is 9. The van der Waals surface area contributed by atoms with Crippen LogP contribution in [0.3, 0.4) is 0 Å². The topological polar surface area (TPSA) is 70.2 Å². The monoisotopic (exact) mass is 427 g/mol. The molecule has 29 heavy (non-hydrogen) atoms. The third-order valence-electron chi connectivity index (χ3n) is 4.20. The van der Waals surface area contributed by atoms with Crippen molar-refractivity contribution in [1.29, 1.82) is 0 Å². The predicted molar refractivity (Wildman–Crippen MR) is 124 cm³/mol. The molecule has 2 N–H and O–H groups in total. The Balaban J connectivity index is 1.49. The Bertz CT molecular complexity index is 912. The van der Waals surface area contributed by atoms with Gasteiger partial charge >= 0.3 is 0 Å². The van der Waals surface area contributed by atoms with E-state index < -0.39 is 0 Å². The van der Waals surface area contributed by atoms with Gasteiger partial charge in [0.05, 0.1) is 5.75 Å². The summed E-state index contributed by atoms with van der Waals surface area (Å²) in [6.07, 6.45) is 0. The fourth-order valence-corrected chi connectivity index (χ4v) is 4.44. The van der Waals surface area contributed by atoms with Crippen molar-refractivity contribution in [2.45, 2.75) is 31.2 Å². The highest BCUT2D eigenvalue weighted by molar-refractivity contribution is 8.01. The van der Waals surface area contributed by atoms with E-state index in [9.17, 15) is 4.79 Å². The SMILES string of the molecule is CCN(c1ccc(NC(=O)CSc2nnc(Nc3ccccc3)s2)cc1)C(C)C. The molecule has 152 valence electrons. The molecule has 0 radical (unpaired) electrons. The van der Waals surface area contributed by atoms with E-state index in [1.165, 1.54) is 23.1 Å². The smallest absolute Gasteiger partial charge is 0.234 e. The number of aromatic nitrogens is 2. The number of amides is 1. The normalized spacial score (nSPS) is 10.8. The Hall–Kier alpha value is -2.58. The van der Waals surface area contributed by atoms with Crippen LogP contribution in [0.25, 0.3) is 0 Å². The second-order valence-corrected chi connectivity index (χ2v) is 8.83. The fraction of sp³-hybridized carbons (Fsp3) is 0.286. The lowest BCUT2D eigenvalue weighted by molar-refractivity contribution is -0.113. The van der Waals surface area contributed by atoms with Gasteiger partial charge in [-0.3, -0.25) is 4.79 Å². The summed E-state index contributed by atoms with van der Waals surface area (Å²) in [7, 11) is 0. The third kappa shape index (κ3) is 6.20. The summed E-state index contributed by atoms with van der Waals surface area (Å²) < 4.78 is 0.754. The first-order chi connectivity index (χ1) is 14.0. The number of nitrogens with one attached hydrogen (secondary N) is 2. The van der Waals surface area contributed by atoms with Crippen LogP contribution >= 0.6 is 23.1 Å². The maximum Gasteiger partial charge on any atom is 0.234 e.